The first-order valence-electron chi connectivity index (χ1n) is 7.31. The average Bonchev–Trinajstić information content (AvgIpc) is 3.16. The van der Waals surface area contributed by atoms with Gasteiger partial charge in [-0.3, -0.25) is 4.99 Å². The molecule has 8 nitrogen and oxygen atoms in total. The quantitative estimate of drug-likeness (QED) is 0.521. The minimum Gasteiger partial charge on any atom is -0.359 e. The number of guanidine groups is 1. The Morgan fingerprint density at radius 1 is 1.38 bits per heavy atom. The maximum Gasteiger partial charge on any atom is 0.247 e. The molecule has 0 fully saturated rings. The van der Waals surface area contributed by atoms with Crippen LogP contribution < -0.4 is 15.8 Å². The van der Waals surface area contributed by atoms with E-state index in [1.54, 1.807) is 13.1 Å². The summed E-state index contributed by atoms with van der Waals surface area (Å²) in [6.07, 6.45) is 0. The first-order valence-corrected chi connectivity index (χ1v) is 9.67. The van der Waals surface area contributed by atoms with E-state index in [0.717, 1.165) is 21.9 Å². The number of rotatable bonds is 6. The Bertz CT molecular complexity index is 808. The number of aromatic nitrogens is 1. The summed E-state index contributed by atoms with van der Waals surface area (Å²) in [5.41, 5.74) is 0.906. The van der Waals surface area contributed by atoms with E-state index in [1.165, 1.54) is 6.07 Å². The van der Waals surface area contributed by atoms with Gasteiger partial charge in [0, 0.05) is 18.0 Å². The van der Waals surface area contributed by atoms with E-state index in [0.29, 0.717) is 30.7 Å². The van der Waals surface area contributed by atoms with E-state index in [2.05, 4.69) is 20.8 Å². The Morgan fingerprint density at radius 3 is 2.62 bits per heavy atom. The van der Waals surface area contributed by atoms with E-state index in [4.69, 9.17) is 9.66 Å². The van der Waals surface area contributed by atoms with Crippen molar-refractivity contribution in [2.24, 2.45) is 10.1 Å². The normalized spacial score (nSPS) is 12.6. The summed E-state index contributed by atoms with van der Waals surface area (Å²) < 4.78 is 27.9. The molecule has 0 unspecified atom stereocenters. The van der Waals surface area contributed by atoms with Crippen LogP contribution in [-0.4, -0.2) is 26.6 Å². The summed E-state index contributed by atoms with van der Waals surface area (Å²) >= 11 is 1.13. The Kier molecular flexibility index (Phi) is 5.97. The van der Waals surface area contributed by atoms with E-state index in [1.807, 2.05) is 19.9 Å². The number of nitrogens with one attached hydrogen (secondary N) is 2. The highest BCUT2D eigenvalue weighted by Gasteiger charge is 2.12. The molecule has 24 heavy (non-hydrogen) atoms. The van der Waals surface area contributed by atoms with Gasteiger partial charge in [-0.25, -0.2) is 13.6 Å². The highest BCUT2D eigenvalue weighted by Crippen LogP contribution is 2.20. The molecule has 4 N–H and O–H groups in total. The molecular formula is C14H21N5O3S2. The van der Waals surface area contributed by atoms with Crippen molar-refractivity contribution in [1.29, 1.82) is 0 Å². The molecule has 2 aromatic rings. The van der Waals surface area contributed by atoms with E-state index in [9.17, 15) is 8.42 Å². The third-order valence-electron chi connectivity index (χ3n) is 3.17. The molecule has 2 rings (SSSR count). The van der Waals surface area contributed by atoms with Crippen molar-refractivity contribution in [1.82, 2.24) is 15.8 Å². The Balaban J connectivity index is 1.87. The fourth-order valence-corrected chi connectivity index (χ4v) is 3.57. The van der Waals surface area contributed by atoms with Gasteiger partial charge >= 0.3 is 0 Å². The van der Waals surface area contributed by atoms with E-state index in [-0.39, 0.29) is 4.21 Å². The smallest absolute Gasteiger partial charge is 0.247 e. The Morgan fingerprint density at radius 2 is 2.08 bits per heavy atom. The number of nitrogens with zero attached hydrogens (tertiary/aromatic N) is 2. The predicted molar refractivity (Wildman–Crippen MR) is 93.3 cm³/mol. The minimum absolute atomic E-state index is 0.144. The Labute approximate surface area is 145 Å². The van der Waals surface area contributed by atoms with Crippen molar-refractivity contribution < 1.29 is 12.9 Å². The van der Waals surface area contributed by atoms with Gasteiger partial charge in [-0.05, 0) is 18.1 Å². The molecule has 0 saturated heterocycles. The van der Waals surface area contributed by atoms with Crippen LogP contribution in [0.4, 0.5) is 0 Å². The second-order valence-corrected chi connectivity index (χ2v) is 8.37. The highest BCUT2D eigenvalue weighted by molar-refractivity contribution is 7.91. The third-order valence-corrected chi connectivity index (χ3v) is 5.69. The van der Waals surface area contributed by atoms with Crippen LogP contribution in [0.2, 0.25) is 0 Å². The first-order chi connectivity index (χ1) is 11.3. The summed E-state index contributed by atoms with van der Waals surface area (Å²) in [4.78, 5) is 4.95. The van der Waals surface area contributed by atoms with Crippen LogP contribution in [0.25, 0.3) is 0 Å². The summed E-state index contributed by atoms with van der Waals surface area (Å²) in [5, 5.41) is 15.3. The number of hydrogen-bond acceptors (Lipinski definition) is 6. The number of primary sulfonamides is 1. The molecule has 0 aliphatic rings. The lowest BCUT2D eigenvalue weighted by Gasteiger charge is -2.09. The maximum atomic E-state index is 11.3. The topological polar surface area (TPSA) is 123 Å². The molecule has 0 bridgehead atoms. The molecule has 0 aliphatic carbocycles. The number of thiophene rings is 1. The molecule has 2 heterocycles. The number of nitrogens with two attached hydrogens (primary N) is 1. The van der Waals surface area contributed by atoms with Crippen molar-refractivity contribution in [3.05, 3.63) is 34.5 Å². The largest absolute Gasteiger partial charge is 0.359 e. The van der Waals surface area contributed by atoms with E-state index >= 15 is 0 Å². The molecule has 10 heteroatoms. The second kappa shape index (κ2) is 7.77. The fourth-order valence-electron chi connectivity index (χ4n) is 1.85. The molecule has 2 aromatic heterocycles. The van der Waals surface area contributed by atoms with Crippen molar-refractivity contribution in [3.8, 4) is 0 Å². The van der Waals surface area contributed by atoms with E-state index < -0.39 is 10.0 Å². The molecular weight excluding hydrogens is 350 g/mol. The molecule has 0 atom stereocenters. The zero-order valence-corrected chi connectivity index (χ0v) is 15.4. The SMILES string of the molecule is CN=C(NCc1cc(C(C)C)no1)NCc1ccc(S(N)(=O)=O)s1. The minimum atomic E-state index is -3.65. The Hall–Kier alpha value is -1.91. The van der Waals surface area contributed by atoms with Gasteiger partial charge in [0.2, 0.25) is 10.0 Å². The lowest BCUT2D eigenvalue weighted by atomic mass is 10.1. The molecule has 0 spiro atoms. The third kappa shape index (κ3) is 5.05. The molecule has 0 amide bonds. The van der Waals surface area contributed by atoms with Gasteiger partial charge in [0.15, 0.2) is 11.7 Å². The molecule has 0 aliphatic heterocycles. The van der Waals surface area contributed by atoms with Crippen molar-refractivity contribution in [3.63, 3.8) is 0 Å². The van der Waals surface area contributed by atoms with Crippen LogP contribution in [0.3, 0.4) is 0 Å². The molecule has 0 radical (unpaired) electrons. The van der Waals surface area contributed by atoms with Gasteiger partial charge < -0.3 is 15.2 Å². The average molecular weight is 371 g/mol. The number of aliphatic imine (C=N–C) groups is 1. The monoisotopic (exact) mass is 371 g/mol. The van der Waals surface area contributed by atoms with Crippen LogP contribution >= 0.6 is 11.3 Å². The molecule has 132 valence electrons. The maximum absolute atomic E-state index is 11.3. The summed E-state index contributed by atoms with van der Waals surface area (Å²) in [5.74, 6) is 1.60. The zero-order chi connectivity index (χ0) is 17.7. The van der Waals surface area contributed by atoms with Crippen LogP contribution in [-0.2, 0) is 23.1 Å². The van der Waals surface area contributed by atoms with Crippen LogP contribution in [0.5, 0.6) is 0 Å². The summed E-state index contributed by atoms with van der Waals surface area (Å²) in [6.45, 7) is 4.98. The lowest BCUT2D eigenvalue weighted by Crippen LogP contribution is -2.36. The first kappa shape index (κ1) is 18.4. The molecule has 0 aromatic carbocycles. The zero-order valence-electron chi connectivity index (χ0n) is 13.7. The number of hydrogen-bond donors (Lipinski definition) is 3. The van der Waals surface area contributed by atoms with Gasteiger partial charge in [-0.2, -0.15) is 0 Å². The van der Waals surface area contributed by atoms with Crippen molar-refractivity contribution in [2.75, 3.05) is 7.05 Å². The predicted octanol–water partition coefficient (Wildman–Crippen LogP) is 1.37. The van der Waals surface area contributed by atoms with Crippen molar-refractivity contribution >= 4 is 27.3 Å². The molecule has 0 saturated carbocycles. The van der Waals surface area contributed by atoms with Gasteiger partial charge in [0.05, 0.1) is 18.8 Å². The summed E-state index contributed by atoms with van der Waals surface area (Å²) in [7, 11) is -2.00. The fraction of sp³-hybridized carbons (Fsp3) is 0.429. The van der Waals surface area contributed by atoms with Gasteiger partial charge in [-0.15, -0.1) is 11.3 Å². The van der Waals surface area contributed by atoms with Crippen LogP contribution in [0.1, 0.15) is 36.1 Å². The van der Waals surface area contributed by atoms with Gasteiger partial charge in [-0.1, -0.05) is 19.0 Å². The number of sulfonamides is 1. The van der Waals surface area contributed by atoms with Crippen LogP contribution in [0.15, 0.2) is 31.9 Å². The second-order valence-electron chi connectivity index (χ2n) is 5.42. The standard InChI is InChI=1S/C14H21N5O3S2/c1-9(2)12-6-10(22-19-12)7-17-14(16-3)18-8-11-4-5-13(23-11)24(15,20)21/h4-6,9H,7-8H2,1-3H3,(H2,15,20,21)(H2,16,17,18). The summed E-state index contributed by atoms with van der Waals surface area (Å²) in [6, 6.07) is 5.12. The van der Waals surface area contributed by atoms with Crippen molar-refractivity contribution in [2.45, 2.75) is 37.1 Å². The highest BCUT2D eigenvalue weighted by atomic mass is 32.2. The van der Waals surface area contributed by atoms with Gasteiger partial charge in [0.1, 0.15) is 4.21 Å². The van der Waals surface area contributed by atoms with Gasteiger partial charge in [0.25, 0.3) is 0 Å². The lowest BCUT2D eigenvalue weighted by molar-refractivity contribution is 0.372. The van der Waals surface area contributed by atoms with Crippen LogP contribution in [0, 0.1) is 0 Å².